The molecule has 0 spiro atoms. The maximum atomic E-state index is 5.84. The Bertz CT molecular complexity index is 263. The second-order valence-corrected chi connectivity index (χ2v) is 5.89. The summed E-state index contributed by atoms with van der Waals surface area (Å²) in [5, 5.41) is 3.19. The van der Waals surface area contributed by atoms with Crippen molar-refractivity contribution in [2.45, 2.75) is 39.5 Å². The van der Waals surface area contributed by atoms with Crippen LogP contribution in [0.4, 0.5) is 0 Å². The normalized spacial score (nSPS) is 17.6. The van der Waals surface area contributed by atoms with E-state index in [-0.39, 0.29) is 0 Å². The third-order valence-electron chi connectivity index (χ3n) is 3.53. The van der Waals surface area contributed by atoms with Crippen LogP contribution in [0.3, 0.4) is 0 Å². The van der Waals surface area contributed by atoms with Crippen molar-refractivity contribution in [3.05, 3.63) is 0 Å². The molecule has 0 saturated carbocycles. The summed E-state index contributed by atoms with van der Waals surface area (Å²) in [5.41, 5.74) is 5.84. The molecule has 0 aromatic heterocycles. The number of guanidine groups is 1. The fourth-order valence-electron chi connectivity index (χ4n) is 2.27. The predicted molar refractivity (Wildman–Crippen MR) is 85.1 cm³/mol. The van der Waals surface area contributed by atoms with Gasteiger partial charge >= 0.3 is 0 Å². The van der Waals surface area contributed by atoms with Gasteiger partial charge in [0.05, 0.1) is 13.2 Å². The van der Waals surface area contributed by atoms with E-state index in [2.05, 4.69) is 29.1 Å². The molecule has 3 N–H and O–H groups in total. The zero-order valence-electron chi connectivity index (χ0n) is 13.2. The van der Waals surface area contributed by atoms with Crippen molar-refractivity contribution >= 4 is 5.96 Å². The second kappa shape index (κ2) is 10.9. The van der Waals surface area contributed by atoms with Gasteiger partial charge in [0.1, 0.15) is 0 Å². The van der Waals surface area contributed by atoms with Crippen LogP contribution in [0.5, 0.6) is 0 Å². The van der Waals surface area contributed by atoms with E-state index in [9.17, 15) is 0 Å². The Morgan fingerprint density at radius 2 is 2.00 bits per heavy atom. The van der Waals surface area contributed by atoms with Crippen LogP contribution in [0, 0.1) is 5.92 Å². The minimum absolute atomic E-state index is 0.594. The summed E-state index contributed by atoms with van der Waals surface area (Å²) in [7, 11) is 0. The quantitative estimate of drug-likeness (QED) is 0.382. The number of morpholine rings is 1. The minimum Gasteiger partial charge on any atom is -0.379 e. The topological polar surface area (TPSA) is 62.9 Å². The molecule has 1 aliphatic heterocycles. The molecule has 1 rings (SSSR count). The van der Waals surface area contributed by atoms with Crippen LogP contribution in [0.1, 0.15) is 39.5 Å². The highest BCUT2D eigenvalue weighted by molar-refractivity contribution is 5.77. The highest BCUT2D eigenvalue weighted by atomic mass is 16.5. The van der Waals surface area contributed by atoms with E-state index >= 15 is 0 Å². The van der Waals surface area contributed by atoms with Crippen LogP contribution in [0.25, 0.3) is 0 Å². The van der Waals surface area contributed by atoms with Crippen LogP contribution in [-0.2, 0) is 4.74 Å². The third kappa shape index (κ3) is 9.15. The van der Waals surface area contributed by atoms with Gasteiger partial charge in [-0.15, -0.1) is 0 Å². The molecule has 20 heavy (non-hydrogen) atoms. The Kier molecular flexibility index (Phi) is 9.41. The first kappa shape index (κ1) is 17.2. The Labute approximate surface area is 124 Å². The van der Waals surface area contributed by atoms with Gasteiger partial charge in [-0.2, -0.15) is 0 Å². The highest BCUT2D eigenvalue weighted by Crippen LogP contribution is 2.04. The van der Waals surface area contributed by atoms with Gasteiger partial charge in [0, 0.05) is 32.7 Å². The summed E-state index contributed by atoms with van der Waals surface area (Å²) in [6.07, 6.45) is 4.78. The largest absolute Gasteiger partial charge is 0.379 e. The summed E-state index contributed by atoms with van der Waals surface area (Å²) >= 11 is 0. The predicted octanol–water partition coefficient (Wildman–Crippen LogP) is 1.44. The van der Waals surface area contributed by atoms with E-state index in [1.165, 1.54) is 19.3 Å². The molecule has 1 heterocycles. The third-order valence-corrected chi connectivity index (χ3v) is 3.53. The lowest BCUT2D eigenvalue weighted by molar-refractivity contribution is 0.0377. The molecule has 1 fully saturated rings. The van der Waals surface area contributed by atoms with Crippen molar-refractivity contribution in [3.63, 3.8) is 0 Å². The van der Waals surface area contributed by atoms with E-state index in [4.69, 9.17) is 10.5 Å². The Balaban J connectivity index is 1.95. The SMILES string of the molecule is CC(C)CCCCNC(N)=NCCCN1CCOCC1. The number of aliphatic imine (C=N–C) groups is 1. The van der Waals surface area contributed by atoms with Gasteiger partial charge in [-0.25, -0.2) is 0 Å². The van der Waals surface area contributed by atoms with E-state index in [0.29, 0.717) is 5.96 Å². The summed E-state index contributed by atoms with van der Waals surface area (Å²) in [5.74, 6) is 1.39. The van der Waals surface area contributed by atoms with Gasteiger partial charge in [-0.1, -0.05) is 26.7 Å². The van der Waals surface area contributed by atoms with Crippen molar-refractivity contribution in [2.24, 2.45) is 16.6 Å². The Morgan fingerprint density at radius 3 is 2.70 bits per heavy atom. The van der Waals surface area contributed by atoms with Crippen LogP contribution < -0.4 is 11.1 Å². The molecule has 5 heteroatoms. The van der Waals surface area contributed by atoms with Gasteiger partial charge in [0.15, 0.2) is 5.96 Å². The Morgan fingerprint density at radius 1 is 1.25 bits per heavy atom. The van der Waals surface area contributed by atoms with Crippen molar-refractivity contribution in [2.75, 3.05) is 45.9 Å². The second-order valence-electron chi connectivity index (χ2n) is 5.89. The summed E-state index contributed by atoms with van der Waals surface area (Å²) < 4.78 is 5.32. The molecule has 0 aliphatic carbocycles. The fraction of sp³-hybridized carbons (Fsp3) is 0.933. The van der Waals surface area contributed by atoms with Gasteiger partial charge in [0.2, 0.25) is 0 Å². The first-order chi connectivity index (χ1) is 9.68. The van der Waals surface area contributed by atoms with Gasteiger partial charge < -0.3 is 15.8 Å². The zero-order chi connectivity index (χ0) is 14.6. The van der Waals surface area contributed by atoms with Crippen LogP contribution in [0.15, 0.2) is 4.99 Å². The molecule has 0 atom stereocenters. The van der Waals surface area contributed by atoms with Gasteiger partial charge in [-0.3, -0.25) is 9.89 Å². The van der Waals surface area contributed by atoms with Crippen molar-refractivity contribution in [1.82, 2.24) is 10.2 Å². The van der Waals surface area contributed by atoms with Crippen molar-refractivity contribution in [3.8, 4) is 0 Å². The van der Waals surface area contributed by atoms with Crippen LogP contribution >= 0.6 is 0 Å². The molecule has 118 valence electrons. The Hall–Kier alpha value is -0.810. The molecular weight excluding hydrogens is 252 g/mol. The number of unbranched alkanes of at least 4 members (excludes halogenated alkanes) is 1. The standard InChI is InChI=1S/C15H32N4O/c1-14(2)6-3-4-7-17-15(16)18-8-5-9-19-10-12-20-13-11-19/h14H,3-13H2,1-2H3,(H3,16,17,18). The minimum atomic E-state index is 0.594. The molecule has 0 radical (unpaired) electrons. The van der Waals surface area contributed by atoms with E-state index in [1.54, 1.807) is 0 Å². The lowest BCUT2D eigenvalue weighted by Crippen LogP contribution is -2.37. The van der Waals surface area contributed by atoms with Crippen LogP contribution in [0.2, 0.25) is 0 Å². The first-order valence-electron chi connectivity index (χ1n) is 8.02. The maximum Gasteiger partial charge on any atom is 0.188 e. The molecule has 0 bridgehead atoms. The maximum absolute atomic E-state index is 5.84. The van der Waals surface area contributed by atoms with Crippen LogP contribution in [-0.4, -0.2) is 56.8 Å². The number of hydrogen-bond donors (Lipinski definition) is 2. The molecule has 0 aromatic carbocycles. The van der Waals surface area contributed by atoms with Crippen molar-refractivity contribution < 1.29 is 4.74 Å². The monoisotopic (exact) mass is 284 g/mol. The summed E-state index contributed by atoms with van der Waals surface area (Å²) in [6.45, 7) is 11.2. The highest BCUT2D eigenvalue weighted by Gasteiger charge is 2.08. The number of nitrogens with zero attached hydrogens (tertiary/aromatic N) is 2. The first-order valence-corrected chi connectivity index (χ1v) is 8.02. The van der Waals surface area contributed by atoms with E-state index < -0.39 is 0 Å². The molecule has 1 saturated heterocycles. The van der Waals surface area contributed by atoms with E-state index in [0.717, 1.165) is 58.3 Å². The number of hydrogen-bond acceptors (Lipinski definition) is 3. The smallest absolute Gasteiger partial charge is 0.188 e. The van der Waals surface area contributed by atoms with Crippen molar-refractivity contribution in [1.29, 1.82) is 0 Å². The number of ether oxygens (including phenoxy) is 1. The molecule has 0 unspecified atom stereocenters. The average Bonchev–Trinajstić information content (AvgIpc) is 2.44. The number of nitrogens with two attached hydrogens (primary N) is 1. The lowest BCUT2D eigenvalue weighted by atomic mass is 10.1. The lowest BCUT2D eigenvalue weighted by Gasteiger charge is -2.26. The average molecular weight is 284 g/mol. The number of rotatable bonds is 9. The molecule has 5 nitrogen and oxygen atoms in total. The fourth-order valence-corrected chi connectivity index (χ4v) is 2.27. The molecule has 0 amide bonds. The summed E-state index contributed by atoms with van der Waals surface area (Å²) in [6, 6.07) is 0. The number of nitrogens with one attached hydrogen (secondary N) is 1. The molecule has 1 aliphatic rings. The van der Waals surface area contributed by atoms with Gasteiger partial charge in [0.25, 0.3) is 0 Å². The van der Waals surface area contributed by atoms with E-state index in [1.807, 2.05) is 0 Å². The molecule has 0 aromatic rings. The zero-order valence-corrected chi connectivity index (χ0v) is 13.2. The van der Waals surface area contributed by atoms with Gasteiger partial charge in [-0.05, 0) is 18.8 Å². The molecular formula is C15H32N4O. The summed E-state index contributed by atoms with van der Waals surface area (Å²) in [4.78, 5) is 6.79.